The van der Waals surface area contributed by atoms with Crippen molar-refractivity contribution in [2.45, 2.75) is 19.3 Å². The average molecular weight is 447 g/mol. The number of hydrogen-bond donors (Lipinski definition) is 1. The molecule has 1 N–H and O–H groups in total. The van der Waals surface area contributed by atoms with Crippen LogP contribution in [0.4, 0.5) is 18.9 Å². The third-order valence-electron chi connectivity index (χ3n) is 4.44. The van der Waals surface area contributed by atoms with Crippen molar-refractivity contribution in [2.75, 3.05) is 5.32 Å². The van der Waals surface area contributed by atoms with Crippen molar-refractivity contribution < 1.29 is 22.8 Å². The molecule has 160 valence electrons. The Morgan fingerprint density at radius 3 is 1.84 bits per heavy atom. The number of hydrogen-bond acceptors (Lipinski definition) is 2. The van der Waals surface area contributed by atoms with E-state index in [4.69, 9.17) is 11.6 Å². The minimum Gasteiger partial charge on any atom is -0.326 e. The van der Waals surface area contributed by atoms with E-state index in [0.717, 1.165) is 17.2 Å². The zero-order valence-corrected chi connectivity index (χ0v) is 17.0. The molecule has 0 saturated heterocycles. The van der Waals surface area contributed by atoms with E-state index in [2.05, 4.69) is 5.32 Å². The largest absolute Gasteiger partial charge is 0.417 e. The molecular weight excluding hydrogens is 429 g/mol. The van der Waals surface area contributed by atoms with E-state index in [1.165, 1.54) is 11.0 Å². The van der Waals surface area contributed by atoms with E-state index < -0.39 is 28.6 Å². The number of rotatable bonds is 5. The first-order valence-electron chi connectivity index (χ1n) is 9.29. The molecule has 0 aliphatic heterocycles. The molecule has 0 aliphatic carbocycles. The van der Waals surface area contributed by atoms with Gasteiger partial charge in [0.2, 0.25) is 0 Å². The molecule has 31 heavy (non-hydrogen) atoms. The number of alkyl halides is 3. The Morgan fingerprint density at radius 1 is 0.839 bits per heavy atom. The molecule has 2 amide bonds. The summed E-state index contributed by atoms with van der Waals surface area (Å²) in [5.41, 5.74) is 0.357. The number of benzene rings is 3. The van der Waals surface area contributed by atoms with Crippen molar-refractivity contribution in [3.8, 4) is 0 Å². The maximum absolute atomic E-state index is 13.1. The summed E-state index contributed by atoms with van der Waals surface area (Å²) >= 11 is 5.60. The first-order chi connectivity index (χ1) is 14.7. The Balaban J connectivity index is 1.80. The molecule has 0 saturated carbocycles. The van der Waals surface area contributed by atoms with Crippen molar-refractivity contribution >= 4 is 29.1 Å². The molecule has 0 heterocycles. The molecule has 0 atom stereocenters. The third kappa shape index (κ3) is 6.08. The summed E-state index contributed by atoms with van der Waals surface area (Å²) in [6.07, 6.45) is -4.69. The molecule has 8 heteroatoms. The topological polar surface area (TPSA) is 49.4 Å². The van der Waals surface area contributed by atoms with Gasteiger partial charge in [-0.3, -0.25) is 9.59 Å². The fourth-order valence-corrected chi connectivity index (χ4v) is 3.18. The summed E-state index contributed by atoms with van der Waals surface area (Å²) < 4.78 is 39.2. The fourth-order valence-electron chi connectivity index (χ4n) is 2.96. The van der Waals surface area contributed by atoms with Crippen LogP contribution in [0.2, 0.25) is 5.02 Å². The number of carbonyl (C=O) groups excluding carboxylic acids is 2. The molecule has 0 unspecified atom stereocenters. The summed E-state index contributed by atoms with van der Waals surface area (Å²) in [6.45, 7) is 0.326. The number of anilines is 1. The van der Waals surface area contributed by atoms with Crippen molar-refractivity contribution in [1.29, 1.82) is 0 Å². The van der Waals surface area contributed by atoms with Crippen LogP contribution in [0, 0.1) is 0 Å². The molecule has 0 radical (unpaired) electrons. The van der Waals surface area contributed by atoms with Gasteiger partial charge in [-0.25, -0.2) is 0 Å². The Bertz CT molecular complexity index is 1020. The molecule has 4 nitrogen and oxygen atoms in total. The molecule has 3 aromatic rings. The lowest BCUT2D eigenvalue weighted by Crippen LogP contribution is -2.39. The SMILES string of the molecule is O=C(Nc1ccc(Cl)c(C(F)(F)F)c1)C(=O)N(Cc1ccccc1)Cc1ccccc1. The van der Waals surface area contributed by atoms with Gasteiger partial charge in [-0.2, -0.15) is 13.2 Å². The van der Waals surface area contributed by atoms with Crippen LogP contribution in [0.15, 0.2) is 78.9 Å². The third-order valence-corrected chi connectivity index (χ3v) is 4.77. The quantitative estimate of drug-likeness (QED) is 0.524. The Morgan fingerprint density at radius 2 is 1.35 bits per heavy atom. The summed E-state index contributed by atoms with van der Waals surface area (Å²) in [6, 6.07) is 21.1. The average Bonchev–Trinajstić information content (AvgIpc) is 2.75. The van der Waals surface area contributed by atoms with Crippen LogP contribution >= 0.6 is 11.6 Å². The summed E-state index contributed by atoms with van der Waals surface area (Å²) in [5, 5.41) is 1.75. The highest BCUT2D eigenvalue weighted by Gasteiger charge is 2.33. The van der Waals surface area contributed by atoms with Gasteiger partial charge in [-0.15, -0.1) is 0 Å². The Hall–Kier alpha value is -3.32. The molecule has 0 fully saturated rings. The fraction of sp³-hybridized carbons (Fsp3) is 0.130. The monoisotopic (exact) mass is 446 g/mol. The van der Waals surface area contributed by atoms with Gasteiger partial charge in [0, 0.05) is 18.8 Å². The number of nitrogens with zero attached hydrogens (tertiary/aromatic N) is 1. The Labute approximate surface area is 182 Å². The van der Waals surface area contributed by atoms with Gasteiger partial charge in [0.15, 0.2) is 0 Å². The van der Waals surface area contributed by atoms with Crippen LogP contribution in [-0.4, -0.2) is 16.7 Å². The molecule has 3 rings (SSSR count). The van der Waals surface area contributed by atoms with Gasteiger partial charge in [0.25, 0.3) is 0 Å². The standard InChI is InChI=1S/C23H18ClF3N2O2/c24-20-12-11-18(13-19(20)23(25,26)27)28-21(30)22(31)29(14-16-7-3-1-4-8-16)15-17-9-5-2-6-10-17/h1-13H,14-15H2,(H,28,30). The predicted molar refractivity (Wildman–Crippen MR) is 112 cm³/mol. The highest BCUT2D eigenvalue weighted by Crippen LogP contribution is 2.36. The van der Waals surface area contributed by atoms with Crippen LogP contribution in [0.5, 0.6) is 0 Å². The lowest BCUT2D eigenvalue weighted by atomic mass is 10.1. The second kappa shape index (κ2) is 9.66. The van der Waals surface area contributed by atoms with Gasteiger partial charge in [-0.05, 0) is 29.3 Å². The van der Waals surface area contributed by atoms with Crippen molar-refractivity contribution in [3.63, 3.8) is 0 Å². The summed E-state index contributed by atoms with van der Waals surface area (Å²) in [5.74, 6) is -1.90. The van der Waals surface area contributed by atoms with Gasteiger partial charge >= 0.3 is 18.0 Å². The maximum atomic E-state index is 13.1. The molecule has 3 aromatic carbocycles. The van der Waals surface area contributed by atoms with Gasteiger partial charge in [0.1, 0.15) is 0 Å². The first kappa shape index (κ1) is 22.4. The number of carbonyl (C=O) groups is 2. The van der Waals surface area contributed by atoms with E-state index in [1.807, 2.05) is 60.7 Å². The minimum atomic E-state index is -4.69. The highest BCUT2D eigenvalue weighted by molar-refractivity contribution is 6.39. The molecule has 0 aromatic heterocycles. The number of amides is 2. The first-order valence-corrected chi connectivity index (χ1v) is 9.66. The van der Waals surface area contributed by atoms with E-state index in [9.17, 15) is 22.8 Å². The molecule has 0 spiro atoms. The number of halogens is 4. The summed E-state index contributed by atoms with van der Waals surface area (Å²) in [4.78, 5) is 26.8. The highest BCUT2D eigenvalue weighted by atomic mass is 35.5. The van der Waals surface area contributed by atoms with E-state index >= 15 is 0 Å². The van der Waals surface area contributed by atoms with Crippen molar-refractivity contribution in [2.24, 2.45) is 0 Å². The van der Waals surface area contributed by atoms with Crippen LogP contribution in [0.3, 0.4) is 0 Å². The van der Waals surface area contributed by atoms with Gasteiger partial charge < -0.3 is 10.2 Å². The zero-order valence-electron chi connectivity index (χ0n) is 16.2. The lowest BCUT2D eigenvalue weighted by Gasteiger charge is -2.22. The van der Waals surface area contributed by atoms with E-state index in [-0.39, 0.29) is 18.8 Å². The molecular formula is C23H18ClF3N2O2. The normalized spacial score (nSPS) is 11.1. The van der Waals surface area contributed by atoms with Gasteiger partial charge in [0.05, 0.1) is 10.6 Å². The minimum absolute atomic E-state index is 0.163. The number of nitrogens with one attached hydrogen (secondary N) is 1. The second-order valence-electron chi connectivity index (χ2n) is 6.78. The van der Waals surface area contributed by atoms with Crippen LogP contribution in [-0.2, 0) is 28.9 Å². The van der Waals surface area contributed by atoms with Crippen LogP contribution < -0.4 is 5.32 Å². The zero-order chi connectivity index (χ0) is 22.4. The Kier molecular flexibility index (Phi) is 6.97. The van der Waals surface area contributed by atoms with Crippen molar-refractivity contribution in [1.82, 2.24) is 4.90 Å². The summed E-state index contributed by atoms with van der Waals surface area (Å²) in [7, 11) is 0. The maximum Gasteiger partial charge on any atom is 0.417 e. The molecule has 0 bridgehead atoms. The second-order valence-corrected chi connectivity index (χ2v) is 7.19. The van der Waals surface area contributed by atoms with Gasteiger partial charge in [-0.1, -0.05) is 72.3 Å². The van der Waals surface area contributed by atoms with E-state index in [0.29, 0.717) is 6.07 Å². The predicted octanol–water partition coefficient (Wildman–Crippen LogP) is 5.53. The lowest BCUT2D eigenvalue weighted by molar-refractivity contribution is -0.144. The van der Waals surface area contributed by atoms with Crippen LogP contribution in [0.25, 0.3) is 0 Å². The molecule has 0 aliphatic rings. The van der Waals surface area contributed by atoms with E-state index in [1.54, 1.807) is 0 Å². The van der Waals surface area contributed by atoms with Crippen LogP contribution in [0.1, 0.15) is 16.7 Å². The smallest absolute Gasteiger partial charge is 0.326 e. The van der Waals surface area contributed by atoms with Crippen molar-refractivity contribution in [3.05, 3.63) is 101 Å².